The number of nitrogens with zero attached hydrogens (tertiary/aromatic N) is 2. The molecule has 0 radical (unpaired) electrons. The van der Waals surface area contributed by atoms with E-state index in [0.717, 1.165) is 0 Å². The van der Waals surface area contributed by atoms with Crippen LogP contribution in [0.15, 0.2) is 47.5 Å². The van der Waals surface area contributed by atoms with Crippen LogP contribution in [0.1, 0.15) is 22.8 Å². The van der Waals surface area contributed by atoms with E-state index in [1.165, 1.54) is 42.5 Å². The fourth-order valence-electron chi connectivity index (χ4n) is 1.86. The van der Waals surface area contributed by atoms with E-state index in [4.69, 9.17) is 5.11 Å². The lowest BCUT2D eigenvalue weighted by Gasteiger charge is -2.06. The van der Waals surface area contributed by atoms with E-state index in [0.29, 0.717) is 17.0 Å². The highest BCUT2D eigenvalue weighted by molar-refractivity contribution is 6.04. The molecule has 0 atom stereocenters. The lowest BCUT2D eigenvalue weighted by Crippen LogP contribution is -2.01. The van der Waals surface area contributed by atoms with E-state index >= 15 is 0 Å². The molecule has 2 rings (SSSR count). The third-order valence-electron chi connectivity index (χ3n) is 2.99. The zero-order valence-electron chi connectivity index (χ0n) is 11.6. The second-order valence-electron chi connectivity index (χ2n) is 4.51. The first-order chi connectivity index (χ1) is 10.4. The molecule has 2 aromatic rings. The van der Waals surface area contributed by atoms with Gasteiger partial charge in [0.1, 0.15) is 5.75 Å². The minimum absolute atomic E-state index is 0.0334. The Morgan fingerprint density at radius 1 is 1.18 bits per heavy atom. The molecule has 7 nitrogen and oxygen atoms in total. The van der Waals surface area contributed by atoms with Crippen molar-refractivity contribution in [3.05, 3.63) is 63.7 Å². The summed E-state index contributed by atoms with van der Waals surface area (Å²) in [6, 6.07) is 9.48. The maximum atomic E-state index is 11.0. The standard InChI is InChI=1S/C15H12N2O5/c1-9(13-8-10(15(19)20)2-7-14(13)18)16-11-3-5-12(6-4-11)17(21)22/h2-8,18H,1H3,(H,19,20). The van der Waals surface area contributed by atoms with E-state index in [1.807, 2.05) is 0 Å². The maximum Gasteiger partial charge on any atom is 0.335 e. The Morgan fingerprint density at radius 3 is 2.36 bits per heavy atom. The second kappa shape index (κ2) is 6.04. The molecular weight excluding hydrogens is 288 g/mol. The van der Waals surface area contributed by atoms with E-state index in [9.17, 15) is 20.0 Å². The van der Waals surface area contributed by atoms with Crippen LogP contribution in [0.3, 0.4) is 0 Å². The molecule has 0 spiro atoms. The van der Waals surface area contributed by atoms with E-state index in [-0.39, 0.29) is 17.0 Å². The number of benzene rings is 2. The van der Waals surface area contributed by atoms with Crippen molar-refractivity contribution in [2.24, 2.45) is 4.99 Å². The molecule has 0 bridgehead atoms. The van der Waals surface area contributed by atoms with E-state index in [2.05, 4.69) is 4.99 Å². The fourth-order valence-corrected chi connectivity index (χ4v) is 1.86. The Labute approximate surface area is 125 Å². The van der Waals surface area contributed by atoms with E-state index < -0.39 is 10.9 Å². The molecule has 0 aliphatic carbocycles. The number of rotatable bonds is 4. The average Bonchev–Trinajstić information content (AvgIpc) is 2.47. The van der Waals surface area contributed by atoms with Crippen LogP contribution in [-0.4, -0.2) is 26.8 Å². The number of carboxylic acid groups (broad SMARTS) is 1. The third kappa shape index (κ3) is 3.26. The molecule has 0 aliphatic heterocycles. The summed E-state index contributed by atoms with van der Waals surface area (Å²) in [5.74, 6) is -1.20. The van der Waals surface area contributed by atoms with Crippen LogP contribution >= 0.6 is 0 Å². The van der Waals surface area contributed by atoms with Gasteiger partial charge in [0.2, 0.25) is 0 Å². The summed E-state index contributed by atoms with van der Waals surface area (Å²) in [7, 11) is 0. The number of hydrogen-bond donors (Lipinski definition) is 2. The zero-order chi connectivity index (χ0) is 16.3. The van der Waals surface area contributed by atoms with Crippen LogP contribution in [0.4, 0.5) is 11.4 Å². The van der Waals surface area contributed by atoms with E-state index in [1.54, 1.807) is 6.92 Å². The summed E-state index contributed by atoms with van der Waals surface area (Å²) < 4.78 is 0. The molecule has 2 N–H and O–H groups in total. The largest absolute Gasteiger partial charge is 0.507 e. The van der Waals surface area contributed by atoms with Crippen LogP contribution in [0, 0.1) is 10.1 Å². The molecule has 0 saturated heterocycles. The number of non-ortho nitro benzene ring substituents is 1. The summed E-state index contributed by atoms with van der Waals surface area (Å²) in [6.45, 7) is 1.61. The average molecular weight is 300 g/mol. The lowest BCUT2D eigenvalue weighted by molar-refractivity contribution is -0.384. The predicted molar refractivity (Wildman–Crippen MR) is 80.0 cm³/mol. The van der Waals surface area contributed by atoms with Crippen LogP contribution in [0.5, 0.6) is 5.75 Å². The molecule has 22 heavy (non-hydrogen) atoms. The van der Waals surface area contributed by atoms with Gasteiger partial charge in [-0.1, -0.05) is 0 Å². The number of phenolic OH excluding ortho intramolecular Hbond substituents is 1. The number of hydrogen-bond acceptors (Lipinski definition) is 5. The minimum Gasteiger partial charge on any atom is -0.507 e. The summed E-state index contributed by atoms with van der Waals surface area (Å²) in [5, 5.41) is 29.4. The Balaban J connectivity index is 2.38. The number of nitro benzene ring substituents is 1. The van der Waals surface area contributed by atoms with Crippen molar-refractivity contribution in [3.63, 3.8) is 0 Å². The molecule has 0 amide bonds. The van der Waals surface area contributed by atoms with Gasteiger partial charge in [0.15, 0.2) is 0 Å². The van der Waals surface area contributed by atoms with Crippen LogP contribution < -0.4 is 0 Å². The zero-order valence-corrected chi connectivity index (χ0v) is 11.6. The van der Waals surface area contributed by atoms with Crippen molar-refractivity contribution in [2.45, 2.75) is 6.92 Å². The Kier molecular flexibility index (Phi) is 4.17. The van der Waals surface area contributed by atoms with Gasteiger partial charge in [-0.25, -0.2) is 4.79 Å². The number of aliphatic imine (C=N–C) groups is 1. The van der Waals surface area contributed by atoms with Gasteiger partial charge in [-0.15, -0.1) is 0 Å². The minimum atomic E-state index is -1.11. The number of carbonyl (C=O) groups is 1. The second-order valence-corrected chi connectivity index (χ2v) is 4.51. The quantitative estimate of drug-likeness (QED) is 0.511. The number of aromatic carboxylic acids is 1. The fraction of sp³-hybridized carbons (Fsp3) is 0.0667. The molecule has 0 aromatic heterocycles. The van der Waals surface area contributed by atoms with Crippen molar-refractivity contribution >= 4 is 23.1 Å². The van der Waals surface area contributed by atoms with Crippen LogP contribution in [0.2, 0.25) is 0 Å². The van der Waals surface area contributed by atoms with Gasteiger partial charge >= 0.3 is 5.97 Å². The smallest absolute Gasteiger partial charge is 0.335 e. The van der Waals surface area contributed by atoms with Gasteiger partial charge in [-0.05, 0) is 37.3 Å². The van der Waals surface area contributed by atoms with Gasteiger partial charge in [-0.2, -0.15) is 0 Å². The van der Waals surface area contributed by atoms with Crippen molar-refractivity contribution < 1.29 is 19.9 Å². The molecule has 0 unspecified atom stereocenters. The first kappa shape index (κ1) is 15.2. The Bertz CT molecular complexity index is 766. The highest BCUT2D eigenvalue weighted by Gasteiger charge is 2.10. The van der Waals surface area contributed by atoms with Gasteiger partial charge in [0.25, 0.3) is 5.69 Å². The molecule has 2 aromatic carbocycles. The molecular formula is C15H12N2O5. The topological polar surface area (TPSA) is 113 Å². The first-order valence-electron chi connectivity index (χ1n) is 6.25. The molecule has 7 heteroatoms. The molecule has 0 fully saturated rings. The van der Waals surface area contributed by atoms with Gasteiger partial charge < -0.3 is 10.2 Å². The normalized spacial score (nSPS) is 11.2. The first-order valence-corrected chi connectivity index (χ1v) is 6.25. The predicted octanol–water partition coefficient (Wildman–Crippen LogP) is 3.14. The Morgan fingerprint density at radius 2 is 1.82 bits per heavy atom. The van der Waals surface area contributed by atoms with Crippen LogP contribution in [0.25, 0.3) is 0 Å². The van der Waals surface area contributed by atoms with Crippen molar-refractivity contribution in [3.8, 4) is 5.75 Å². The number of carboxylic acids is 1. The van der Waals surface area contributed by atoms with Gasteiger partial charge in [-0.3, -0.25) is 15.1 Å². The lowest BCUT2D eigenvalue weighted by atomic mass is 10.1. The van der Waals surface area contributed by atoms with Gasteiger partial charge in [0, 0.05) is 23.4 Å². The third-order valence-corrected chi connectivity index (χ3v) is 2.99. The summed E-state index contributed by atoms with van der Waals surface area (Å²) in [4.78, 5) is 25.3. The summed E-state index contributed by atoms with van der Waals surface area (Å²) >= 11 is 0. The van der Waals surface area contributed by atoms with Crippen molar-refractivity contribution in [1.29, 1.82) is 0 Å². The highest BCUT2D eigenvalue weighted by Crippen LogP contribution is 2.23. The molecule has 0 aliphatic rings. The summed E-state index contributed by atoms with van der Waals surface area (Å²) in [6.07, 6.45) is 0. The Hall–Kier alpha value is -3.22. The van der Waals surface area contributed by atoms with Crippen LogP contribution in [-0.2, 0) is 0 Å². The monoisotopic (exact) mass is 300 g/mol. The molecule has 112 valence electrons. The highest BCUT2D eigenvalue weighted by atomic mass is 16.6. The van der Waals surface area contributed by atoms with Crippen molar-refractivity contribution in [1.82, 2.24) is 0 Å². The van der Waals surface area contributed by atoms with Gasteiger partial charge in [0.05, 0.1) is 16.2 Å². The number of aromatic hydroxyl groups is 1. The number of phenols is 1. The number of nitro groups is 1. The summed E-state index contributed by atoms with van der Waals surface area (Å²) in [5.41, 5.74) is 1.13. The molecule has 0 saturated carbocycles. The maximum absolute atomic E-state index is 11.0. The van der Waals surface area contributed by atoms with Crippen molar-refractivity contribution in [2.75, 3.05) is 0 Å². The molecule has 0 heterocycles. The SMILES string of the molecule is CC(=Nc1ccc([N+](=O)[O-])cc1)c1cc(C(=O)O)ccc1O.